The number of hydrogen-bond donors (Lipinski definition) is 1. The molecule has 0 fully saturated rings. The van der Waals surface area contributed by atoms with E-state index in [-0.39, 0.29) is 11.8 Å². The molecule has 29 heavy (non-hydrogen) atoms. The number of amides is 1. The number of carbonyl (C=O) groups is 1. The highest BCUT2D eigenvalue weighted by atomic mass is 32.1. The Morgan fingerprint density at radius 1 is 1.17 bits per heavy atom. The Kier molecular flexibility index (Phi) is 5.42. The van der Waals surface area contributed by atoms with Crippen molar-refractivity contribution in [2.24, 2.45) is 0 Å². The zero-order valence-electron chi connectivity index (χ0n) is 15.8. The standard InChI is InChI=1S/C22H18N2O3S2/c1-13-12-29-21-19(13)22(26)27-20(24-21)14(2)23-18(25)11-16(17-9-6-10-28-17)15-7-4-3-5-8-15/h3-12,14H,1-2H3,(H,23,25)/b16-11-. The second-order valence-corrected chi connectivity index (χ2v) is 8.38. The lowest BCUT2D eigenvalue weighted by Gasteiger charge is -2.12. The molecule has 4 aromatic rings. The topological polar surface area (TPSA) is 72.2 Å². The summed E-state index contributed by atoms with van der Waals surface area (Å²) in [5.41, 5.74) is 2.21. The van der Waals surface area contributed by atoms with Crippen molar-refractivity contribution in [3.8, 4) is 0 Å². The van der Waals surface area contributed by atoms with Gasteiger partial charge in [0.2, 0.25) is 11.8 Å². The maximum absolute atomic E-state index is 12.7. The summed E-state index contributed by atoms with van der Waals surface area (Å²) in [6.45, 7) is 3.60. The molecule has 0 bridgehead atoms. The summed E-state index contributed by atoms with van der Waals surface area (Å²) in [5, 5.41) is 7.21. The molecule has 0 aliphatic heterocycles. The van der Waals surface area contributed by atoms with Crippen LogP contribution in [0.4, 0.5) is 0 Å². The molecule has 5 nitrogen and oxygen atoms in total. The Labute approximate surface area is 175 Å². The number of thiophene rings is 2. The Balaban J connectivity index is 1.61. The minimum Gasteiger partial charge on any atom is -0.406 e. The number of nitrogens with one attached hydrogen (secondary N) is 1. The third kappa shape index (κ3) is 4.06. The van der Waals surface area contributed by atoms with Gasteiger partial charge in [0.1, 0.15) is 10.9 Å². The van der Waals surface area contributed by atoms with Crippen molar-refractivity contribution in [1.29, 1.82) is 0 Å². The second kappa shape index (κ2) is 8.14. The normalized spacial score (nSPS) is 12.8. The molecule has 3 aromatic heterocycles. The average Bonchev–Trinajstić information content (AvgIpc) is 3.37. The summed E-state index contributed by atoms with van der Waals surface area (Å²) in [7, 11) is 0. The fourth-order valence-corrected chi connectivity index (χ4v) is 4.69. The summed E-state index contributed by atoms with van der Waals surface area (Å²) in [6.07, 6.45) is 1.57. The highest BCUT2D eigenvalue weighted by Crippen LogP contribution is 2.27. The summed E-state index contributed by atoms with van der Waals surface area (Å²) < 4.78 is 5.36. The molecule has 7 heteroatoms. The van der Waals surface area contributed by atoms with E-state index in [2.05, 4.69) is 10.3 Å². The van der Waals surface area contributed by atoms with Crippen LogP contribution in [0.1, 0.15) is 34.9 Å². The van der Waals surface area contributed by atoms with Gasteiger partial charge < -0.3 is 9.73 Å². The van der Waals surface area contributed by atoms with Gasteiger partial charge in [-0.25, -0.2) is 9.78 Å². The van der Waals surface area contributed by atoms with E-state index >= 15 is 0 Å². The first kappa shape index (κ1) is 19.3. The van der Waals surface area contributed by atoms with Crippen molar-refractivity contribution in [3.05, 3.63) is 91.6 Å². The van der Waals surface area contributed by atoms with E-state index in [9.17, 15) is 9.59 Å². The minimum absolute atomic E-state index is 0.198. The predicted molar refractivity (Wildman–Crippen MR) is 117 cm³/mol. The predicted octanol–water partition coefficient (Wildman–Crippen LogP) is 4.93. The second-order valence-electron chi connectivity index (χ2n) is 6.57. The van der Waals surface area contributed by atoms with Crippen LogP contribution in [0.3, 0.4) is 0 Å². The number of hydrogen-bond acceptors (Lipinski definition) is 6. The highest BCUT2D eigenvalue weighted by Gasteiger charge is 2.18. The molecular formula is C22H18N2O3S2. The van der Waals surface area contributed by atoms with Crippen molar-refractivity contribution < 1.29 is 9.21 Å². The van der Waals surface area contributed by atoms with Gasteiger partial charge in [-0.2, -0.15) is 0 Å². The van der Waals surface area contributed by atoms with Crippen molar-refractivity contribution in [2.45, 2.75) is 19.9 Å². The zero-order chi connectivity index (χ0) is 20.4. The number of carbonyl (C=O) groups excluding carboxylic acids is 1. The van der Waals surface area contributed by atoms with E-state index in [0.29, 0.717) is 10.2 Å². The summed E-state index contributed by atoms with van der Waals surface area (Å²) >= 11 is 2.96. The van der Waals surface area contributed by atoms with E-state index in [0.717, 1.165) is 21.6 Å². The molecule has 0 saturated heterocycles. The summed E-state index contributed by atoms with van der Waals surface area (Å²) in [6, 6.07) is 13.1. The first-order valence-electron chi connectivity index (χ1n) is 9.03. The number of benzene rings is 1. The van der Waals surface area contributed by atoms with Crippen LogP contribution in [0.25, 0.3) is 15.8 Å². The molecule has 4 rings (SSSR count). The van der Waals surface area contributed by atoms with Crippen molar-refractivity contribution in [2.75, 3.05) is 0 Å². The molecule has 1 unspecified atom stereocenters. The maximum atomic E-state index is 12.7. The van der Waals surface area contributed by atoms with Gasteiger partial charge in [-0.1, -0.05) is 36.4 Å². The van der Waals surface area contributed by atoms with Crippen LogP contribution >= 0.6 is 22.7 Å². The lowest BCUT2D eigenvalue weighted by atomic mass is 10.0. The minimum atomic E-state index is -0.543. The number of rotatable bonds is 5. The van der Waals surface area contributed by atoms with Crippen molar-refractivity contribution >= 4 is 44.4 Å². The van der Waals surface area contributed by atoms with Gasteiger partial charge in [0.15, 0.2) is 0 Å². The Bertz CT molecular complexity index is 1240. The van der Waals surface area contributed by atoms with Gasteiger partial charge in [-0.3, -0.25) is 4.79 Å². The first-order valence-corrected chi connectivity index (χ1v) is 10.8. The van der Waals surface area contributed by atoms with Crippen LogP contribution in [-0.2, 0) is 4.79 Å². The summed E-state index contributed by atoms with van der Waals surface area (Å²) in [4.78, 5) is 31.0. The molecule has 0 spiro atoms. The molecule has 0 radical (unpaired) electrons. The smallest absolute Gasteiger partial charge is 0.348 e. The Morgan fingerprint density at radius 3 is 2.69 bits per heavy atom. The fraction of sp³-hybridized carbons (Fsp3) is 0.136. The third-order valence-corrected chi connectivity index (χ3v) is 6.34. The fourth-order valence-electron chi connectivity index (χ4n) is 3.01. The van der Waals surface area contributed by atoms with Crippen LogP contribution in [0.15, 0.2) is 68.5 Å². The van der Waals surface area contributed by atoms with Crippen LogP contribution in [0.5, 0.6) is 0 Å². The van der Waals surface area contributed by atoms with Gasteiger partial charge in [-0.15, -0.1) is 22.7 Å². The molecule has 1 amide bonds. The van der Waals surface area contributed by atoms with Gasteiger partial charge in [0, 0.05) is 16.5 Å². The van der Waals surface area contributed by atoms with Gasteiger partial charge in [0.05, 0.1) is 5.39 Å². The summed E-state index contributed by atoms with van der Waals surface area (Å²) in [5.74, 6) is -0.0832. The SMILES string of the molecule is Cc1csc2nc(C(C)NC(=O)/C=C(/c3ccccc3)c3cccs3)oc(=O)c12. The van der Waals surface area contributed by atoms with Crippen LogP contribution in [0, 0.1) is 6.92 Å². The molecule has 1 atom stereocenters. The van der Waals surface area contributed by atoms with Crippen LogP contribution < -0.4 is 10.9 Å². The Morgan fingerprint density at radius 2 is 1.97 bits per heavy atom. The number of aromatic nitrogens is 1. The molecule has 3 heterocycles. The van der Waals surface area contributed by atoms with Crippen molar-refractivity contribution in [1.82, 2.24) is 10.3 Å². The number of aryl methyl sites for hydroxylation is 1. The molecule has 0 aliphatic rings. The van der Waals surface area contributed by atoms with E-state index < -0.39 is 11.7 Å². The molecule has 1 aromatic carbocycles. The quantitative estimate of drug-likeness (QED) is 0.463. The van der Waals surface area contributed by atoms with E-state index in [1.165, 1.54) is 11.3 Å². The molecule has 1 N–H and O–H groups in total. The van der Waals surface area contributed by atoms with Gasteiger partial charge >= 0.3 is 5.63 Å². The maximum Gasteiger partial charge on any atom is 0.348 e. The average molecular weight is 423 g/mol. The lowest BCUT2D eigenvalue weighted by Crippen LogP contribution is -2.26. The van der Waals surface area contributed by atoms with Crippen LogP contribution in [0.2, 0.25) is 0 Å². The first-order chi connectivity index (χ1) is 14.0. The van der Waals surface area contributed by atoms with E-state index in [4.69, 9.17) is 4.42 Å². The van der Waals surface area contributed by atoms with Crippen molar-refractivity contribution in [3.63, 3.8) is 0 Å². The van der Waals surface area contributed by atoms with Crippen LogP contribution in [-0.4, -0.2) is 10.9 Å². The monoisotopic (exact) mass is 422 g/mol. The van der Waals surface area contributed by atoms with E-state index in [1.807, 2.05) is 60.1 Å². The van der Waals surface area contributed by atoms with E-state index in [1.54, 1.807) is 24.3 Å². The molecular weight excluding hydrogens is 404 g/mol. The Hall–Kier alpha value is -3.03. The third-order valence-electron chi connectivity index (χ3n) is 4.44. The highest BCUT2D eigenvalue weighted by molar-refractivity contribution is 7.16. The van der Waals surface area contributed by atoms with Gasteiger partial charge in [-0.05, 0) is 41.8 Å². The number of nitrogens with zero attached hydrogens (tertiary/aromatic N) is 1. The molecule has 0 aliphatic carbocycles. The molecule has 146 valence electrons. The number of fused-ring (bicyclic) bond motifs is 1. The molecule has 0 saturated carbocycles. The largest absolute Gasteiger partial charge is 0.406 e. The van der Waals surface area contributed by atoms with Gasteiger partial charge in [0.25, 0.3) is 0 Å². The zero-order valence-corrected chi connectivity index (χ0v) is 17.5. The lowest BCUT2D eigenvalue weighted by molar-refractivity contribution is -0.117.